The van der Waals surface area contributed by atoms with Crippen molar-refractivity contribution in [1.82, 2.24) is 10.6 Å². The van der Waals surface area contributed by atoms with Crippen molar-refractivity contribution < 1.29 is 19.1 Å². The van der Waals surface area contributed by atoms with E-state index in [2.05, 4.69) is 10.6 Å². The highest BCUT2D eigenvalue weighted by Crippen LogP contribution is 2.11. The highest BCUT2D eigenvalue weighted by atomic mass is 32.2. The number of rotatable bonds is 13. The van der Waals surface area contributed by atoms with Gasteiger partial charge in [0.2, 0.25) is 5.91 Å². The molecule has 2 rings (SSSR count). The molecule has 33 heavy (non-hydrogen) atoms. The normalized spacial score (nSPS) is 12.6. The smallest absolute Gasteiger partial charge is 0.408 e. The lowest BCUT2D eigenvalue weighted by atomic mass is 10.00. The molecule has 6 nitrogen and oxygen atoms in total. The van der Waals surface area contributed by atoms with E-state index >= 15 is 0 Å². The van der Waals surface area contributed by atoms with Crippen molar-refractivity contribution in [2.75, 3.05) is 12.0 Å². The Kier molecular flexibility index (Phi) is 11.5. The lowest BCUT2D eigenvalue weighted by Gasteiger charge is -2.24. The van der Waals surface area contributed by atoms with Crippen molar-refractivity contribution >= 4 is 29.5 Å². The molecule has 2 atom stereocenters. The molecule has 2 aromatic carbocycles. The molecule has 2 amide bonds. The molecular formula is C26H34N2O4S. The molecule has 0 unspecified atom stereocenters. The Hall–Kier alpha value is -2.80. The van der Waals surface area contributed by atoms with Crippen LogP contribution < -0.4 is 10.6 Å². The zero-order chi connectivity index (χ0) is 24.1. The number of benzene rings is 2. The first kappa shape index (κ1) is 26.5. The molecule has 0 bridgehead atoms. The minimum Gasteiger partial charge on any atom is -0.445 e. The average Bonchev–Trinajstić information content (AvgIpc) is 2.81. The van der Waals surface area contributed by atoms with Gasteiger partial charge in [-0.3, -0.25) is 9.59 Å². The van der Waals surface area contributed by atoms with Gasteiger partial charge in [-0.1, -0.05) is 74.5 Å². The second kappa shape index (κ2) is 14.4. The van der Waals surface area contributed by atoms with Gasteiger partial charge in [-0.25, -0.2) is 4.79 Å². The largest absolute Gasteiger partial charge is 0.445 e. The van der Waals surface area contributed by atoms with Crippen molar-refractivity contribution in [2.45, 2.75) is 51.8 Å². The van der Waals surface area contributed by atoms with Gasteiger partial charge in [0.15, 0.2) is 5.78 Å². The van der Waals surface area contributed by atoms with Gasteiger partial charge in [-0.15, -0.1) is 0 Å². The van der Waals surface area contributed by atoms with Crippen LogP contribution in [0.25, 0.3) is 0 Å². The fraction of sp³-hybridized carbons (Fsp3) is 0.423. The molecule has 2 aromatic rings. The lowest BCUT2D eigenvalue weighted by molar-refractivity contribution is -0.128. The zero-order valence-corrected chi connectivity index (χ0v) is 20.4. The molecule has 0 aliphatic heterocycles. The average molecular weight is 471 g/mol. The molecule has 178 valence electrons. The number of carbonyl (C=O) groups is 3. The van der Waals surface area contributed by atoms with E-state index in [0.29, 0.717) is 25.0 Å². The lowest BCUT2D eigenvalue weighted by Crippen LogP contribution is -2.52. The van der Waals surface area contributed by atoms with Crippen molar-refractivity contribution in [2.24, 2.45) is 5.92 Å². The quantitative estimate of drug-likeness (QED) is 0.454. The van der Waals surface area contributed by atoms with E-state index in [1.807, 2.05) is 80.8 Å². The van der Waals surface area contributed by atoms with Crippen LogP contribution >= 0.6 is 11.8 Å². The Morgan fingerprint density at radius 2 is 1.48 bits per heavy atom. The summed E-state index contributed by atoms with van der Waals surface area (Å²) in [5.74, 6) is 0.0932. The summed E-state index contributed by atoms with van der Waals surface area (Å²) in [5.41, 5.74) is 1.97. The van der Waals surface area contributed by atoms with Gasteiger partial charge in [0.25, 0.3) is 0 Å². The molecular weight excluding hydrogens is 436 g/mol. The van der Waals surface area contributed by atoms with Crippen LogP contribution in [0.4, 0.5) is 4.79 Å². The predicted octanol–water partition coefficient (Wildman–Crippen LogP) is 4.38. The summed E-state index contributed by atoms with van der Waals surface area (Å²) in [6, 6.07) is 17.8. The monoisotopic (exact) mass is 470 g/mol. The first-order valence-corrected chi connectivity index (χ1v) is 12.6. The maximum atomic E-state index is 13.1. The van der Waals surface area contributed by atoms with Gasteiger partial charge >= 0.3 is 6.09 Å². The van der Waals surface area contributed by atoms with E-state index in [1.165, 1.54) is 11.8 Å². The first-order valence-electron chi connectivity index (χ1n) is 11.2. The van der Waals surface area contributed by atoms with Crippen LogP contribution in [-0.2, 0) is 27.4 Å². The zero-order valence-electron chi connectivity index (χ0n) is 19.6. The van der Waals surface area contributed by atoms with Gasteiger partial charge in [0, 0.05) is 0 Å². The van der Waals surface area contributed by atoms with Crippen molar-refractivity contribution in [3.05, 3.63) is 71.8 Å². The summed E-state index contributed by atoms with van der Waals surface area (Å²) >= 11 is 1.43. The molecule has 2 N–H and O–H groups in total. The minimum atomic E-state index is -0.783. The van der Waals surface area contributed by atoms with Crippen LogP contribution in [0.3, 0.4) is 0 Å². The molecule has 7 heteroatoms. The van der Waals surface area contributed by atoms with Gasteiger partial charge in [-0.05, 0) is 42.6 Å². The molecule has 0 saturated carbocycles. The summed E-state index contributed by atoms with van der Waals surface area (Å²) in [5, 5.41) is 5.56. The van der Waals surface area contributed by atoms with E-state index in [0.717, 1.165) is 11.1 Å². The molecule has 0 fully saturated rings. The second-order valence-electron chi connectivity index (χ2n) is 8.37. The Balaban J connectivity index is 2.00. The number of thioether (sulfide) groups is 1. The van der Waals surface area contributed by atoms with E-state index in [-0.39, 0.29) is 24.2 Å². The predicted molar refractivity (Wildman–Crippen MR) is 133 cm³/mol. The molecule has 0 aliphatic carbocycles. The number of carbonyl (C=O) groups excluding carboxylic acids is 3. The maximum Gasteiger partial charge on any atom is 0.408 e. The SMILES string of the molecule is CSCC(=O)[C@H](CCc1ccccc1)NC(=O)[C@H](CC(C)C)NC(=O)OCc1ccccc1. The molecule has 0 saturated heterocycles. The fourth-order valence-electron chi connectivity index (χ4n) is 3.39. The molecule has 0 aromatic heterocycles. The van der Waals surface area contributed by atoms with Crippen LogP contribution in [0.1, 0.15) is 37.8 Å². The van der Waals surface area contributed by atoms with Crippen molar-refractivity contribution in [3.63, 3.8) is 0 Å². The first-order chi connectivity index (χ1) is 15.9. The summed E-state index contributed by atoms with van der Waals surface area (Å²) in [6.45, 7) is 4.07. The molecule has 0 aliphatic rings. The van der Waals surface area contributed by atoms with E-state index in [4.69, 9.17) is 4.74 Å². The Morgan fingerprint density at radius 1 is 0.879 bits per heavy atom. The molecule has 0 heterocycles. The van der Waals surface area contributed by atoms with Gasteiger partial charge in [-0.2, -0.15) is 11.8 Å². The molecule has 0 spiro atoms. The number of alkyl carbamates (subject to hydrolysis) is 1. The van der Waals surface area contributed by atoms with Gasteiger partial charge in [0.05, 0.1) is 11.8 Å². The second-order valence-corrected chi connectivity index (χ2v) is 9.24. The maximum absolute atomic E-state index is 13.1. The van der Waals surface area contributed by atoms with E-state index in [1.54, 1.807) is 0 Å². The van der Waals surface area contributed by atoms with E-state index in [9.17, 15) is 14.4 Å². The van der Waals surface area contributed by atoms with Gasteiger partial charge in [0.1, 0.15) is 12.6 Å². The number of nitrogens with one attached hydrogen (secondary N) is 2. The van der Waals surface area contributed by atoms with Gasteiger partial charge < -0.3 is 15.4 Å². The minimum absolute atomic E-state index is 0.0262. The van der Waals surface area contributed by atoms with Crippen LogP contribution in [0.15, 0.2) is 60.7 Å². The van der Waals surface area contributed by atoms with Crippen LogP contribution in [0, 0.1) is 5.92 Å². The van der Waals surface area contributed by atoms with Crippen molar-refractivity contribution in [3.8, 4) is 0 Å². The number of hydrogen-bond acceptors (Lipinski definition) is 5. The summed E-state index contributed by atoms with van der Waals surface area (Å²) in [4.78, 5) is 38.1. The Morgan fingerprint density at radius 3 is 2.06 bits per heavy atom. The summed E-state index contributed by atoms with van der Waals surface area (Å²) < 4.78 is 5.29. The number of hydrogen-bond donors (Lipinski definition) is 2. The summed E-state index contributed by atoms with van der Waals surface area (Å²) in [7, 11) is 0. The van der Waals surface area contributed by atoms with Crippen LogP contribution in [0.5, 0.6) is 0 Å². The van der Waals surface area contributed by atoms with Crippen LogP contribution in [0.2, 0.25) is 0 Å². The summed E-state index contributed by atoms with van der Waals surface area (Å²) in [6.07, 6.45) is 2.82. The third kappa shape index (κ3) is 10.1. The molecule has 0 radical (unpaired) electrons. The van der Waals surface area contributed by atoms with E-state index < -0.39 is 18.2 Å². The highest BCUT2D eigenvalue weighted by Gasteiger charge is 2.27. The number of amides is 2. The standard InChI is InChI=1S/C26H34N2O4S/c1-19(2)16-23(28-26(31)32-17-21-12-8-5-9-13-21)25(30)27-22(24(29)18-33-3)15-14-20-10-6-4-7-11-20/h4-13,19,22-23H,14-18H2,1-3H3,(H,27,30)(H,28,31)/t22-,23-/m0/s1. The number of ether oxygens (including phenoxy) is 1. The third-order valence-electron chi connectivity index (χ3n) is 5.08. The topological polar surface area (TPSA) is 84.5 Å². The Labute approximate surface area is 200 Å². The third-order valence-corrected chi connectivity index (χ3v) is 5.66. The van der Waals surface area contributed by atoms with Crippen molar-refractivity contribution in [1.29, 1.82) is 0 Å². The Bertz CT molecular complexity index is 874. The number of ketones is 1. The fourth-order valence-corrected chi connectivity index (χ4v) is 3.88. The van der Waals surface area contributed by atoms with Crippen LogP contribution in [-0.4, -0.2) is 41.9 Å². The highest BCUT2D eigenvalue weighted by molar-refractivity contribution is 7.99. The number of aryl methyl sites for hydroxylation is 1. The number of Topliss-reactive ketones (excluding diaryl/α,β-unsaturated/α-hetero) is 1.